The summed E-state index contributed by atoms with van der Waals surface area (Å²) < 4.78 is 10.8. The summed E-state index contributed by atoms with van der Waals surface area (Å²) in [4.78, 5) is 34.9. The number of nitrogens with one attached hydrogen (secondary N) is 3. The average Bonchev–Trinajstić information content (AvgIpc) is 2.98. The molecule has 0 spiro atoms. The minimum atomic E-state index is -0.598. The number of carbonyl (C=O) groups is 3. The first-order valence-corrected chi connectivity index (χ1v) is 8.53. The fourth-order valence-corrected chi connectivity index (χ4v) is 2.74. The predicted octanol–water partition coefficient (Wildman–Crippen LogP) is 2.55. The zero-order valence-electron chi connectivity index (χ0n) is 14.7. The van der Waals surface area contributed by atoms with Crippen molar-refractivity contribution in [1.29, 1.82) is 0 Å². The van der Waals surface area contributed by atoms with Gasteiger partial charge in [0.2, 0.25) is 0 Å². The van der Waals surface area contributed by atoms with E-state index in [4.69, 9.17) is 21.1 Å². The first-order valence-electron chi connectivity index (χ1n) is 8.15. The largest absolute Gasteiger partial charge is 0.493 e. The van der Waals surface area contributed by atoms with E-state index in [0.717, 1.165) is 0 Å². The van der Waals surface area contributed by atoms with E-state index in [1.165, 1.54) is 19.3 Å². The lowest BCUT2D eigenvalue weighted by atomic mass is 10.1. The lowest BCUT2D eigenvalue weighted by molar-refractivity contribution is -0.118. The molecule has 0 bridgehead atoms. The number of hydrogen-bond donors (Lipinski definition) is 3. The molecule has 3 N–H and O–H groups in total. The number of benzene rings is 2. The zero-order valence-corrected chi connectivity index (χ0v) is 15.5. The second-order valence-electron chi connectivity index (χ2n) is 5.70. The van der Waals surface area contributed by atoms with E-state index in [1.807, 2.05) is 6.07 Å². The summed E-state index contributed by atoms with van der Waals surface area (Å²) in [5.41, 5.74) is 1.24. The molecule has 28 heavy (non-hydrogen) atoms. The third-order valence-corrected chi connectivity index (χ3v) is 3.97. The highest BCUT2D eigenvalue weighted by Crippen LogP contribution is 2.37. The van der Waals surface area contributed by atoms with Crippen LogP contribution < -0.4 is 25.4 Å². The molecule has 0 saturated carbocycles. The van der Waals surface area contributed by atoms with E-state index in [9.17, 15) is 14.4 Å². The van der Waals surface area contributed by atoms with E-state index in [0.29, 0.717) is 11.3 Å². The summed E-state index contributed by atoms with van der Waals surface area (Å²) in [7, 11) is 1.42. The van der Waals surface area contributed by atoms with Gasteiger partial charge >= 0.3 is 6.03 Å². The van der Waals surface area contributed by atoms with E-state index < -0.39 is 11.9 Å². The van der Waals surface area contributed by atoms with Crippen molar-refractivity contribution in [2.75, 3.05) is 19.0 Å². The molecule has 144 valence electrons. The molecule has 3 rings (SSSR count). The van der Waals surface area contributed by atoms with E-state index in [2.05, 4.69) is 16.0 Å². The molecule has 4 amide bonds. The van der Waals surface area contributed by atoms with Crippen molar-refractivity contribution in [3.05, 3.63) is 58.7 Å². The molecule has 2 aromatic carbocycles. The number of amides is 4. The van der Waals surface area contributed by atoms with Gasteiger partial charge in [0.1, 0.15) is 5.70 Å². The van der Waals surface area contributed by atoms with Crippen LogP contribution in [0.1, 0.15) is 5.56 Å². The fourth-order valence-electron chi connectivity index (χ4n) is 2.47. The SMILES string of the molecule is COc1cc(/C=C2/NC(=O)NC2=O)cc(Cl)c1OCC(=O)Nc1ccccc1. The van der Waals surface area contributed by atoms with Gasteiger partial charge in [-0.1, -0.05) is 29.8 Å². The zero-order chi connectivity index (χ0) is 20.1. The van der Waals surface area contributed by atoms with Crippen LogP contribution in [-0.4, -0.2) is 31.6 Å². The Morgan fingerprint density at radius 1 is 1.18 bits per heavy atom. The van der Waals surface area contributed by atoms with Gasteiger partial charge in [0.25, 0.3) is 11.8 Å². The van der Waals surface area contributed by atoms with E-state index >= 15 is 0 Å². The Hall–Kier alpha value is -3.52. The first kappa shape index (κ1) is 19.2. The highest BCUT2D eigenvalue weighted by atomic mass is 35.5. The van der Waals surface area contributed by atoms with Gasteiger partial charge in [-0.05, 0) is 35.9 Å². The Morgan fingerprint density at radius 2 is 1.93 bits per heavy atom. The number of halogens is 1. The molecule has 1 fully saturated rings. The predicted molar refractivity (Wildman–Crippen MR) is 103 cm³/mol. The monoisotopic (exact) mass is 401 g/mol. The van der Waals surface area contributed by atoms with Crippen molar-refractivity contribution in [3.8, 4) is 11.5 Å². The second kappa shape index (κ2) is 8.45. The van der Waals surface area contributed by atoms with Crippen molar-refractivity contribution < 1.29 is 23.9 Å². The van der Waals surface area contributed by atoms with Crippen molar-refractivity contribution in [1.82, 2.24) is 10.6 Å². The Kier molecular flexibility index (Phi) is 5.81. The topological polar surface area (TPSA) is 106 Å². The highest BCUT2D eigenvalue weighted by molar-refractivity contribution is 6.32. The Labute approximate surface area is 165 Å². The molecule has 1 heterocycles. The van der Waals surface area contributed by atoms with Crippen LogP contribution in [0.4, 0.5) is 10.5 Å². The second-order valence-corrected chi connectivity index (χ2v) is 6.11. The maximum atomic E-state index is 12.0. The number of imide groups is 1. The van der Waals surface area contributed by atoms with Crippen molar-refractivity contribution in [3.63, 3.8) is 0 Å². The van der Waals surface area contributed by atoms with Gasteiger partial charge in [-0.3, -0.25) is 14.9 Å². The molecule has 0 atom stereocenters. The van der Waals surface area contributed by atoms with Gasteiger partial charge in [0.15, 0.2) is 18.1 Å². The number of hydrogen-bond acceptors (Lipinski definition) is 5. The quantitative estimate of drug-likeness (QED) is 0.509. The average molecular weight is 402 g/mol. The van der Waals surface area contributed by atoms with Crippen molar-refractivity contribution >= 4 is 41.2 Å². The molecule has 1 saturated heterocycles. The summed E-state index contributed by atoms with van der Waals surface area (Å²) in [5.74, 6) is -0.440. The van der Waals surface area contributed by atoms with Crippen molar-refractivity contribution in [2.24, 2.45) is 0 Å². The third kappa shape index (κ3) is 4.60. The highest BCUT2D eigenvalue weighted by Gasteiger charge is 2.23. The van der Waals surface area contributed by atoms with Crippen molar-refractivity contribution in [2.45, 2.75) is 0 Å². The summed E-state index contributed by atoms with van der Waals surface area (Å²) in [6.45, 7) is -0.274. The van der Waals surface area contributed by atoms with Crippen LogP contribution in [0.3, 0.4) is 0 Å². The smallest absolute Gasteiger partial charge is 0.326 e. The summed E-state index contributed by atoms with van der Waals surface area (Å²) in [6.07, 6.45) is 1.44. The van der Waals surface area contributed by atoms with Crippen LogP contribution in [0, 0.1) is 0 Å². The van der Waals surface area contributed by atoms with Gasteiger partial charge in [-0.25, -0.2) is 4.79 Å². The van der Waals surface area contributed by atoms with E-state index in [-0.39, 0.29) is 34.7 Å². The van der Waals surface area contributed by atoms with Crippen LogP contribution in [0.5, 0.6) is 11.5 Å². The fraction of sp³-hybridized carbons (Fsp3) is 0.105. The molecule has 2 aromatic rings. The van der Waals surface area contributed by atoms with Crippen LogP contribution in [0.25, 0.3) is 6.08 Å². The molecule has 0 unspecified atom stereocenters. The standard InChI is InChI=1S/C19H16ClN3O5/c1-27-15-9-11(8-14-18(25)23-19(26)22-14)7-13(20)17(15)28-10-16(24)21-12-5-3-2-4-6-12/h2-9H,10H2,1H3,(H,21,24)(H2,22,23,25,26)/b14-8+. The number of methoxy groups -OCH3 is 1. The molecule has 0 aliphatic carbocycles. The Morgan fingerprint density at radius 3 is 2.57 bits per heavy atom. The molecule has 9 heteroatoms. The maximum Gasteiger partial charge on any atom is 0.326 e. The number of anilines is 1. The van der Waals surface area contributed by atoms with E-state index in [1.54, 1.807) is 30.3 Å². The maximum absolute atomic E-state index is 12.0. The third-order valence-electron chi connectivity index (χ3n) is 3.69. The molecule has 1 aliphatic heterocycles. The molecule has 0 radical (unpaired) electrons. The molecular formula is C19H16ClN3O5. The first-order chi connectivity index (χ1) is 13.5. The summed E-state index contributed by atoms with van der Waals surface area (Å²) >= 11 is 6.25. The molecular weight excluding hydrogens is 386 g/mol. The lowest BCUT2D eigenvalue weighted by Crippen LogP contribution is -2.22. The number of rotatable bonds is 6. The van der Waals surface area contributed by atoms with Crippen LogP contribution in [0.2, 0.25) is 5.02 Å². The van der Waals surface area contributed by atoms with Crippen LogP contribution in [0.15, 0.2) is 48.2 Å². The number of ether oxygens (including phenoxy) is 2. The Balaban J connectivity index is 1.73. The molecule has 0 aromatic heterocycles. The van der Waals surface area contributed by atoms with Gasteiger partial charge in [0, 0.05) is 5.69 Å². The van der Waals surface area contributed by atoms with Gasteiger partial charge in [-0.15, -0.1) is 0 Å². The lowest BCUT2D eigenvalue weighted by Gasteiger charge is -2.13. The van der Waals surface area contributed by atoms with Gasteiger partial charge in [0.05, 0.1) is 12.1 Å². The van der Waals surface area contributed by atoms with Gasteiger partial charge < -0.3 is 20.1 Å². The molecule has 8 nitrogen and oxygen atoms in total. The minimum absolute atomic E-state index is 0.0824. The van der Waals surface area contributed by atoms with Gasteiger partial charge in [-0.2, -0.15) is 0 Å². The van der Waals surface area contributed by atoms with Crippen LogP contribution in [-0.2, 0) is 9.59 Å². The minimum Gasteiger partial charge on any atom is -0.493 e. The number of carbonyl (C=O) groups excluding carboxylic acids is 3. The van der Waals surface area contributed by atoms with Crippen LogP contribution >= 0.6 is 11.6 Å². The number of urea groups is 1. The molecule has 1 aliphatic rings. The summed E-state index contributed by atoms with van der Waals surface area (Å²) in [6, 6.07) is 11.5. The normalized spacial score (nSPS) is 14.4. The number of para-hydroxylation sites is 1. The summed E-state index contributed by atoms with van der Waals surface area (Å²) in [5, 5.41) is 7.36. The Bertz CT molecular complexity index is 960.